The van der Waals surface area contributed by atoms with Crippen molar-refractivity contribution >= 4 is 17.4 Å². The Morgan fingerprint density at radius 1 is 1.03 bits per heavy atom. The molecule has 1 atom stereocenters. The summed E-state index contributed by atoms with van der Waals surface area (Å²) in [5.74, 6) is -0.140. The van der Waals surface area contributed by atoms with Gasteiger partial charge in [0.15, 0.2) is 0 Å². The second-order valence-corrected chi connectivity index (χ2v) is 8.61. The third-order valence-electron chi connectivity index (χ3n) is 5.48. The van der Waals surface area contributed by atoms with E-state index in [2.05, 4.69) is 0 Å². The fourth-order valence-corrected chi connectivity index (χ4v) is 3.92. The highest BCUT2D eigenvalue weighted by molar-refractivity contribution is 6.46. The van der Waals surface area contributed by atoms with Gasteiger partial charge in [0, 0.05) is 12.1 Å². The average Bonchev–Trinajstić information content (AvgIpc) is 3.03. The maximum absolute atomic E-state index is 13.1. The molecule has 1 aliphatic rings. The molecular formula is C26H32N2O5. The maximum Gasteiger partial charge on any atom is 0.295 e. The van der Waals surface area contributed by atoms with Crippen LogP contribution in [0.2, 0.25) is 0 Å². The van der Waals surface area contributed by atoms with Gasteiger partial charge in [-0.05, 0) is 82.9 Å². The molecule has 7 nitrogen and oxygen atoms in total. The predicted molar refractivity (Wildman–Crippen MR) is 127 cm³/mol. The predicted octanol–water partition coefficient (Wildman–Crippen LogP) is 3.86. The summed E-state index contributed by atoms with van der Waals surface area (Å²) in [5, 5.41) is 11.2. The molecule has 3 rings (SSSR count). The number of aliphatic hydroxyl groups excluding tert-OH is 1. The zero-order valence-corrected chi connectivity index (χ0v) is 19.9. The zero-order chi connectivity index (χ0) is 24.1. The van der Waals surface area contributed by atoms with Gasteiger partial charge in [-0.25, -0.2) is 0 Å². The summed E-state index contributed by atoms with van der Waals surface area (Å²) < 4.78 is 10.9. The first kappa shape index (κ1) is 24.3. The fourth-order valence-electron chi connectivity index (χ4n) is 3.92. The van der Waals surface area contributed by atoms with Crippen molar-refractivity contribution in [2.75, 3.05) is 34.3 Å². The van der Waals surface area contributed by atoms with Gasteiger partial charge in [-0.1, -0.05) is 12.1 Å². The number of carbonyl (C=O) groups is 2. The van der Waals surface area contributed by atoms with Crippen molar-refractivity contribution in [1.82, 2.24) is 9.80 Å². The standard InChI is InChI=1S/C26H32N2O5/c1-17(2)33-21-13-9-19(10-14-21)24(29)22-23(18-7-11-20(32-5)12-8-18)28(26(31)25(22)30)16-6-15-27(3)4/h7-14,17,23,29H,6,15-16H2,1-5H3/b24-22-. The Bertz CT molecular complexity index is 1010. The van der Waals surface area contributed by atoms with Crippen LogP contribution in [0.1, 0.15) is 37.4 Å². The number of hydrogen-bond donors (Lipinski definition) is 1. The molecular weight excluding hydrogens is 420 g/mol. The van der Waals surface area contributed by atoms with E-state index in [1.165, 1.54) is 0 Å². The van der Waals surface area contributed by atoms with Crippen molar-refractivity contribution in [3.63, 3.8) is 0 Å². The van der Waals surface area contributed by atoms with Crippen LogP contribution in [-0.2, 0) is 9.59 Å². The number of methoxy groups -OCH3 is 1. The van der Waals surface area contributed by atoms with E-state index in [4.69, 9.17) is 9.47 Å². The maximum atomic E-state index is 13.1. The van der Waals surface area contributed by atoms with E-state index < -0.39 is 17.7 Å². The number of rotatable bonds is 9. The van der Waals surface area contributed by atoms with Crippen LogP contribution in [0, 0.1) is 0 Å². The Balaban J connectivity index is 2.03. The molecule has 2 aromatic carbocycles. The van der Waals surface area contributed by atoms with Crippen LogP contribution in [0.5, 0.6) is 11.5 Å². The summed E-state index contributed by atoms with van der Waals surface area (Å²) >= 11 is 0. The Kier molecular flexibility index (Phi) is 7.76. The van der Waals surface area contributed by atoms with Crippen LogP contribution in [-0.4, -0.2) is 67.0 Å². The Labute approximate surface area is 195 Å². The van der Waals surface area contributed by atoms with E-state index in [0.717, 1.165) is 12.1 Å². The van der Waals surface area contributed by atoms with Crippen LogP contribution < -0.4 is 9.47 Å². The van der Waals surface area contributed by atoms with E-state index in [1.807, 2.05) is 45.0 Å². The number of ether oxygens (including phenoxy) is 2. The lowest BCUT2D eigenvalue weighted by atomic mass is 9.95. The van der Waals surface area contributed by atoms with Gasteiger partial charge in [-0.3, -0.25) is 9.59 Å². The number of Topliss-reactive ketones (excluding diaryl/α,β-unsaturated/α-hetero) is 1. The lowest BCUT2D eigenvalue weighted by molar-refractivity contribution is -0.139. The summed E-state index contributed by atoms with van der Waals surface area (Å²) in [7, 11) is 5.50. The number of aliphatic hydroxyl groups is 1. The van der Waals surface area contributed by atoms with E-state index in [1.54, 1.807) is 48.4 Å². The minimum Gasteiger partial charge on any atom is -0.507 e. The SMILES string of the molecule is COc1ccc(C2/C(=C(/O)c3ccc(OC(C)C)cc3)C(=O)C(=O)N2CCCN(C)C)cc1. The van der Waals surface area contributed by atoms with E-state index in [0.29, 0.717) is 30.0 Å². The third kappa shape index (κ3) is 5.54. The summed E-state index contributed by atoms with van der Waals surface area (Å²) in [6.45, 7) is 5.04. The smallest absolute Gasteiger partial charge is 0.295 e. The largest absolute Gasteiger partial charge is 0.507 e. The van der Waals surface area contributed by atoms with Gasteiger partial charge in [0.2, 0.25) is 0 Å². The Morgan fingerprint density at radius 3 is 2.18 bits per heavy atom. The summed E-state index contributed by atoms with van der Waals surface area (Å²) in [6, 6.07) is 13.4. The van der Waals surface area contributed by atoms with Gasteiger partial charge >= 0.3 is 0 Å². The highest BCUT2D eigenvalue weighted by atomic mass is 16.5. The Morgan fingerprint density at radius 2 is 1.64 bits per heavy atom. The summed E-state index contributed by atoms with van der Waals surface area (Å²) in [4.78, 5) is 29.6. The van der Waals surface area contributed by atoms with Crippen molar-refractivity contribution in [3.8, 4) is 11.5 Å². The molecule has 2 aromatic rings. The molecule has 1 fully saturated rings. The number of ketones is 1. The molecule has 0 spiro atoms. The number of likely N-dealkylation sites (tertiary alicyclic amines) is 1. The van der Waals surface area contributed by atoms with Crippen molar-refractivity contribution in [2.24, 2.45) is 0 Å². The van der Waals surface area contributed by atoms with Crippen molar-refractivity contribution in [3.05, 3.63) is 65.2 Å². The van der Waals surface area contributed by atoms with E-state index >= 15 is 0 Å². The molecule has 1 N–H and O–H groups in total. The fraction of sp³-hybridized carbons (Fsp3) is 0.385. The number of carbonyl (C=O) groups excluding carboxylic acids is 2. The molecule has 0 saturated carbocycles. The molecule has 33 heavy (non-hydrogen) atoms. The van der Waals surface area contributed by atoms with Gasteiger partial charge in [-0.15, -0.1) is 0 Å². The number of benzene rings is 2. The van der Waals surface area contributed by atoms with Gasteiger partial charge < -0.3 is 24.4 Å². The van der Waals surface area contributed by atoms with Crippen LogP contribution >= 0.6 is 0 Å². The number of hydrogen-bond acceptors (Lipinski definition) is 6. The minimum absolute atomic E-state index is 0.0204. The van der Waals surface area contributed by atoms with Crippen LogP contribution in [0.25, 0.3) is 5.76 Å². The molecule has 1 aliphatic heterocycles. The van der Waals surface area contributed by atoms with E-state index in [-0.39, 0.29) is 17.4 Å². The molecule has 0 radical (unpaired) electrons. The summed E-state index contributed by atoms with van der Waals surface area (Å²) in [5.41, 5.74) is 1.28. The zero-order valence-electron chi connectivity index (χ0n) is 19.9. The molecule has 1 heterocycles. The monoisotopic (exact) mass is 452 g/mol. The first-order valence-electron chi connectivity index (χ1n) is 11.1. The second kappa shape index (κ2) is 10.5. The molecule has 1 saturated heterocycles. The highest BCUT2D eigenvalue weighted by Gasteiger charge is 2.45. The van der Waals surface area contributed by atoms with Gasteiger partial charge in [0.05, 0.1) is 24.8 Å². The van der Waals surface area contributed by atoms with Gasteiger partial charge in [0.25, 0.3) is 11.7 Å². The average molecular weight is 453 g/mol. The minimum atomic E-state index is -0.680. The van der Waals surface area contributed by atoms with Crippen molar-refractivity contribution < 1.29 is 24.2 Å². The van der Waals surface area contributed by atoms with Crippen LogP contribution in [0.4, 0.5) is 0 Å². The van der Waals surface area contributed by atoms with E-state index in [9.17, 15) is 14.7 Å². The molecule has 176 valence electrons. The normalized spacial score (nSPS) is 17.8. The van der Waals surface area contributed by atoms with Gasteiger partial charge in [0.1, 0.15) is 17.3 Å². The molecule has 0 bridgehead atoms. The molecule has 0 aliphatic carbocycles. The molecule has 1 unspecified atom stereocenters. The molecule has 0 aromatic heterocycles. The highest BCUT2D eigenvalue weighted by Crippen LogP contribution is 2.40. The lowest BCUT2D eigenvalue weighted by Gasteiger charge is -2.26. The Hall–Kier alpha value is -3.32. The van der Waals surface area contributed by atoms with Crippen molar-refractivity contribution in [2.45, 2.75) is 32.4 Å². The third-order valence-corrected chi connectivity index (χ3v) is 5.48. The summed E-state index contributed by atoms with van der Waals surface area (Å²) in [6.07, 6.45) is 0.723. The van der Waals surface area contributed by atoms with Gasteiger partial charge in [-0.2, -0.15) is 0 Å². The molecule has 1 amide bonds. The van der Waals surface area contributed by atoms with Crippen LogP contribution in [0.3, 0.4) is 0 Å². The van der Waals surface area contributed by atoms with Crippen molar-refractivity contribution in [1.29, 1.82) is 0 Å². The first-order valence-corrected chi connectivity index (χ1v) is 11.1. The number of nitrogens with zero attached hydrogens (tertiary/aromatic N) is 2. The lowest BCUT2D eigenvalue weighted by Crippen LogP contribution is -2.32. The second-order valence-electron chi connectivity index (χ2n) is 8.61. The number of amides is 1. The topological polar surface area (TPSA) is 79.3 Å². The molecule has 7 heteroatoms. The first-order chi connectivity index (χ1) is 15.7. The van der Waals surface area contributed by atoms with Crippen LogP contribution in [0.15, 0.2) is 54.1 Å². The quantitative estimate of drug-likeness (QED) is 0.354.